The molecule has 0 atom stereocenters. The first-order chi connectivity index (χ1) is 7.95. The van der Waals surface area contributed by atoms with Gasteiger partial charge in [-0.15, -0.1) is 0 Å². The van der Waals surface area contributed by atoms with E-state index >= 15 is 0 Å². The largest absolute Gasteiger partial charge is 0.383 e. The van der Waals surface area contributed by atoms with Gasteiger partial charge in [0.15, 0.2) is 0 Å². The summed E-state index contributed by atoms with van der Waals surface area (Å²) in [4.78, 5) is 4.07. The number of thioether (sulfide) groups is 1. The first kappa shape index (κ1) is 11.7. The lowest BCUT2D eigenvalue weighted by molar-refractivity contribution is 0.492. The molecule has 1 aromatic heterocycles. The molecule has 0 saturated carbocycles. The molecule has 88 valence electrons. The van der Waals surface area contributed by atoms with Crippen LogP contribution in [0.5, 0.6) is 0 Å². The molecule has 0 aliphatic carbocycles. The fourth-order valence-corrected chi connectivity index (χ4v) is 2.96. The molecule has 0 amide bonds. The van der Waals surface area contributed by atoms with Crippen molar-refractivity contribution in [3.8, 4) is 0 Å². The van der Waals surface area contributed by atoms with Crippen molar-refractivity contribution >= 4 is 17.4 Å². The average molecular weight is 237 g/mol. The molecule has 0 aromatic carbocycles. The van der Waals surface area contributed by atoms with Gasteiger partial charge < -0.3 is 10.6 Å². The fourth-order valence-electron chi connectivity index (χ4n) is 1.85. The Morgan fingerprint density at radius 1 is 1.31 bits per heavy atom. The highest BCUT2D eigenvalue weighted by Gasteiger charge is 2.11. The van der Waals surface area contributed by atoms with Gasteiger partial charge in [0, 0.05) is 31.5 Å². The number of hydrogen-bond donors (Lipinski definition) is 2. The minimum Gasteiger partial charge on any atom is -0.383 e. The van der Waals surface area contributed by atoms with Gasteiger partial charge in [0.05, 0.1) is 5.69 Å². The second-order valence-corrected chi connectivity index (χ2v) is 5.23. The predicted octanol–water partition coefficient (Wildman–Crippen LogP) is 1.98. The van der Waals surface area contributed by atoms with Crippen LogP contribution in [0.4, 0.5) is 5.69 Å². The lowest BCUT2D eigenvalue weighted by Gasteiger charge is -2.22. The third-order valence-corrected chi connectivity index (χ3v) is 3.82. The topological polar surface area (TPSA) is 37.0 Å². The molecule has 1 aliphatic heterocycles. The van der Waals surface area contributed by atoms with Crippen molar-refractivity contribution < 1.29 is 0 Å². The number of aromatic nitrogens is 1. The molecular formula is C12H19N3S. The van der Waals surface area contributed by atoms with Crippen LogP contribution in [0, 0.1) is 0 Å². The third-order valence-electron chi connectivity index (χ3n) is 2.77. The van der Waals surface area contributed by atoms with E-state index in [2.05, 4.69) is 27.4 Å². The van der Waals surface area contributed by atoms with E-state index in [4.69, 9.17) is 0 Å². The van der Waals surface area contributed by atoms with Crippen LogP contribution in [0.1, 0.15) is 12.8 Å². The van der Waals surface area contributed by atoms with Crippen LogP contribution in [0.15, 0.2) is 24.5 Å². The number of rotatable bonds is 5. The minimum absolute atomic E-state index is 0.733. The molecule has 16 heavy (non-hydrogen) atoms. The Kier molecular flexibility index (Phi) is 4.96. The minimum atomic E-state index is 0.733. The van der Waals surface area contributed by atoms with Gasteiger partial charge in [0.2, 0.25) is 0 Å². The summed E-state index contributed by atoms with van der Waals surface area (Å²) in [5.74, 6) is 2.63. The van der Waals surface area contributed by atoms with Crippen LogP contribution in [-0.2, 0) is 0 Å². The Morgan fingerprint density at radius 3 is 2.94 bits per heavy atom. The summed E-state index contributed by atoms with van der Waals surface area (Å²) in [6.45, 7) is 2.00. The van der Waals surface area contributed by atoms with Crippen molar-refractivity contribution in [2.75, 3.05) is 29.9 Å². The Labute approximate surface area is 101 Å². The van der Waals surface area contributed by atoms with Crippen LogP contribution >= 0.6 is 11.8 Å². The molecule has 1 fully saturated rings. The average Bonchev–Trinajstić information content (AvgIpc) is 2.37. The molecule has 0 bridgehead atoms. The van der Waals surface area contributed by atoms with Crippen molar-refractivity contribution in [3.05, 3.63) is 24.5 Å². The van der Waals surface area contributed by atoms with Crippen LogP contribution < -0.4 is 10.6 Å². The maximum absolute atomic E-state index is 4.07. The highest BCUT2D eigenvalue weighted by atomic mass is 32.2. The summed E-state index contributed by atoms with van der Waals surface area (Å²) in [5, 5.41) is 6.95. The first-order valence-corrected chi connectivity index (χ1v) is 7.05. The van der Waals surface area contributed by atoms with Gasteiger partial charge in [0.1, 0.15) is 0 Å². The smallest absolute Gasteiger partial charge is 0.0527 e. The number of pyridine rings is 1. The van der Waals surface area contributed by atoms with Crippen molar-refractivity contribution in [3.63, 3.8) is 0 Å². The van der Waals surface area contributed by atoms with Gasteiger partial charge in [-0.25, -0.2) is 0 Å². The molecule has 3 nitrogen and oxygen atoms in total. The van der Waals surface area contributed by atoms with E-state index in [-0.39, 0.29) is 0 Å². The Morgan fingerprint density at radius 2 is 2.19 bits per heavy atom. The van der Waals surface area contributed by atoms with Crippen molar-refractivity contribution in [1.29, 1.82) is 0 Å². The van der Waals surface area contributed by atoms with Crippen LogP contribution in [0.25, 0.3) is 0 Å². The lowest BCUT2D eigenvalue weighted by atomic mass is 10.1. The third kappa shape index (κ3) is 4.02. The Balaban J connectivity index is 1.58. The van der Waals surface area contributed by atoms with E-state index in [0.717, 1.165) is 24.8 Å². The monoisotopic (exact) mass is 237 g/mol. The van der Waals surface area contributed by atoms with E-state index in [1.807, 2.05) is 18.3 Å². The quantitative estimate of drug-likeness (QED) is 0.768. The maximum Gasteiger partial charge on any atom is 0.0527 e. The zero-order valence-electron chi connectivity index (χ0n) is 9.48. The Bertz CT molecular complexity index is 286. The molecule has 1 aromatic rings. The molecule has 0 unspecified atom stereocenters. The summed E-state index contributed by atoms with van der Waals surface area (Å²) in [6.07, 6.45) is 6.29. The molecule has 1 saturated heterocycles. The second kappa shape index (κ2) is 6.76. The van der Waals surface area contributed by atoms with E-state index < -0.39 is 0 Å². The highest BCUT2D eigenvalue weighted by molar-refractivity contribution is 7.99. The first-order valence-electron chi connectivity index (χ1n) is 5.90. The zero-order chi connectivity index (χ0) is 11.1. The highest BCUT2D eigenvalue weighted by Crippen LogP contribution is 2.16. The van der Waals surface area contributed by atoms with E-state index in [0.29, 0.717) is 0 Å². The normalized spacial score (nSPS) is 17.2. The molecule has 2 N–H and O–H groups in total. The van der Waals surface area contributed by atoms with Crippen molar-refractivity contribution in [1.82, 2.24) is 10.3 Å². The van der Waals surface area contributed by atoms with Crippen molar-refractivity contribution in [2.24, 2.45) is 0 Å². The zero-order valence-corrected chi connectivity index (χ0v) is 10.3. The van der Waals surface area contributed by atoms with Gasteiger partial charge in [-0.1, -0.05) is 0 Å². The van der Waals surface area contributed by atoms with Crippen molar-refractivity contribution in [2.45, 2.75) is 18.9 Å². The molecule has 4 heteroatoms. The van der Waals surface area contributed by atoms with Gasteiger partial charge in [-0.2, -0.15) is 11.8 Å². The SMILES string of the molecule is c1cncc(NCCNC2CCSCC2)c1. The number of nitrogens with zero attached hydrogens (tertiary/aromatic N) is 1. The summed E-state index contributed by atoms with van der Waals surface area (Å²) in [5.41, 5.74) is 1.10. The van der Waals surface area contributed by atoms with E-state index in [1.54, 1.807) is 6.20 Å². The van der Waals surface area contributed by atoms with Gasteiger partial charge in [-0.05, 0) is 36.5 Å². The molecule has 0 spiro atoms. The Hall–Kier alpha value is -0.740. The maximum atomic E-state index is 4.07. The molecule has 1 aliphatic rings. The van der Waals surface area contributed by atoms with E-state index in [1.165, 1.54) is 24.3 Å². The number of hydrogen-bond acceptors (Lipinski definition) is 4. The standard InChI is InChI=1S/C12H19N3S/c1-2-12(10-13-5-1)15-7-6-14-11-3-8-16-9-4-11/h1-2,5,10-11,14-15H,3-4,6-9H2. The predicted molar refractivity (Wildman–Crippen MR) is 71.1 cm³/mol. The van der Waals surface area contributed by atoms with E-state index in [9.17, 15) is 0 Å². The molecular weight excluding hydrogens is 218 g/mol. The molecule has 2 heterocycles. The fraction of sp³-hybridized carbons (Fsp3) is 0.583. The van der Waals surface area contributed by atoms with Crippen LogP contribution in [0.3, 0.4) is 0 Å². The summed E-state index contributed by atoms with van der Waals surface area (Å²) >= 11 is 2.07. The van der Waals surface area contributed by atoms with Crippen LogP contribution in [0.2, 0.25) is 0 Å². The van der Waals surface area contributed by atoms with Gasteiger partial charge >= 0.3 is 0 Å². The van der Waals surface area contributed by atoms with Crippen LogP contribution in [-0.4, -0.2) is 35.6 Å². The number of anilines is 1. The van der Waals surface area contributed by atoms with Gasteiger partial charge in [0.25, 0.3) is 0 Å². The molecule has 0 radical (unpaired) electrons. The van der Waals surface area contributed by atoms with Gasteiger partial charge in [-0.3, -0.25) is 4.98 Å². The lowest BCUT2D eigenvalue weighted by Crippen LogP contribution is -2.35. The summed E-state index contributed by atoms with van der Waals surface area (Å²) in [7, 11) is 0. The molecule has 2 rings (SSSR count). The summed E-state index contributed by atoms with van der Waals surface area (Å²) < 4.78 is 0. The summed E-state index contributed by atoms with van der Waals surface area (Å²) in [6, 6.07) is 4.73. The second-order valence-electron chi connectivity index (χ2n) is 4.01. The number of nitrogens with one attached hydrogen (secondary N) is 2.